The molecule has 0 saturated heterocycles. The number of hydrogen-bond acceptors (Lipinski definition) is 5. The third-order valence-electron chi connectivity index (χ3n) is 4.76. The molecule has 0 amide bonds. The minimum absolute atomic E-state index is 0.145. The van der Waals surface area contributed by atoms with Crippen LogP contribution in [0.5, 0.6) is 0 Å². The van der Waals surface area contributed by atoms with Gasteiger partial charge in [0.2, 0.25) is 6.29 Å². The van der Waals surface area contributed by atoms with Gasteiger partial charge in [-0.3, -0.25) is 4.79 Å². The number of ether oxygens (including phenoxy) is 2. The first-order valence-corrected chi connectivity index (χ1v) is 8.21. The Bertz CT molecular complexity index is 653. The van der Waals surface area contributed by atoms with Crippen molar-refractivity contribution in [3.8, 4) is 0 Å². The van der Waals surface area contributed by atoms with E-state index < -0.39 is 18.3 Å². The first-order chi connectivity index (χ1) is 11.6. The summed E-state index contributed by atoms with van der Waals surface area (Å²) in [5, 5.41) is 10.1. The number of aliphatic hydroxyl groups is 1. The highest BCUT2D eigenvalue weighted by molar-refractivity contribution is 5.76. The second-order valence-electron chi connectivity index (χ2n) is 6.44. The molecular weight excluding hydrogens is 306 g/mol. The molecule has 1 aliphatic carbocycles. The zero-order valence-corrected chi connectivity index (χ0v) is 13.7. The molecule has 128 valence electrons. The molecule has 5 heteroatoms. The van der Waals surface area contributed by atoms with Crippen LogP contribution in [0.15, 0.2) is 53.8 Å². The molecule has 1 heterocycles. The fourth-order valence-electron chi connectivity index (χ4n) is 3.39. The average Bonchev–Trinajstić information content (AvgIpc) is 3.02. The van der Waals surface area contributed by atoms with Crippen LogP contribution in [0.2, 0.25) is 0 Å². The van der Waals surface area contributed by atoms with Crippen LogP contribution >= 0.6 is 0 Å². The van der Waals surface area contributed by atoms with Gasteiger partial charge < -0.3 is 20.3 Å². The van der Waals surface area contributed by atoms with E-state index in [1.54, 1.807) is 6.26 Å². The summed E-state index contributed by atoms with van der Waals surface area (Å²) in [7, 11) is 0. The van der Waals surface area contributed by atoms with Gasteiger partial charge in [-0.2, -0.15) is 0 Å². The molecular formula is C19H23NO4. The van der Waals surface area contributed by atoms with Gasteiger partial charge in [-0.1, -0.05) is 36.4 Å². The number of nitrogens with two attached hydrogens (primary N) is 1. The normalized spacial score (nSPS) is 26.7. The van der Waals surface area contributed by atoms with Gasteiger partial charge in [0.1, 0.15) is 12.6 Å². The maximum atomic E-state index is 12.1. The molecule has 0 aromatic heterocycles. The second kappa shape index (κ2) is 7.20. The number of rotatable bonds is 5. The van der Waals surface area contributed by atoms with E-state index in [4.69, 9.17) is 15.2 Å². The van der Waals surface area contributed by atoms with Crippen LogP contribution in [0.4, 0.5) is 0 Å². The summed E-state index contributed by atoms with van der Waals surface area (Å²) in [6, 6.07) is 8.92. The van der Waals surface area contributed by atoms with Crippen molar-refractivity contribution >= 4 is 5.97 Å². The SMILES string of the molecule is CC1=CO[C@@H](O)[C@@H]2C(COC(=O)[C@@H](N)Cc3ccccc3)=CC[C@H]12. The molecule has 0 radical (unpaired) electrons. The average molecular weight is 329 g/mol. The smallest absolute Gasteiger partial charge is 0.323 e. The Labute approximate surface area is 141 Å². The number of allylic oxidation sites excluding steroid dienone is 2. The van der Waals surface area contributed by atoms with Crippen molar-refractivity contribution in [2.45, 2.75) is 32.1 Å². The van der Waals surface area contributed by atoms with E-state index in [1.165, 1.54) is 0 Å². The predicted octanol–water partition coefficient (Wildman–Crippen LogP) is 1.91. The summed E-state index contributed by atoms with van der Waals surface area (Å²) in [6.07, 6.45) is 4.03. The van der Waals surface area contributed by atoms with Crippen molar-refractivity contribution < 1.29 is 19.4 Å². The molecule has 3 N–H and O–H groups in total. The summed E-state index contributed by atoms with van der Waals surface area (Å²) in [5.41, 5.74) is 8.94. The lowest BCUT2D eigenvalue weighted by Crippen LogP contribution is -2.36. The van der Waals surface area contributed by atoms with Crippen molar-refractivity contribution in [2.75, 3.05) is 6.61 Å². The van der Waals surface area contributed by atoms with Crippen LogP contribution in [-0.4, -0.2) is 30.0 Å². The van der Waals surface area contributed by atoms with E-state index in [9.17, 15) is 9.90 Å². The van der Waals surface area contributed by atoms with Gasteiger partial charge >= 0.3 is 5.97 Å². The fraction of sp³-hybridized carbons (Fsp3) is 0.421. The van der Waals surface area contributed by atoms with E-state index in [2.05, 4.69) is 0 Å². The van der Waals surface area contributed by atoms with Gasteiger partial charge in [0, 0.05) is 0 Å². The van der Waals surface area contributed by atoms with Gasteiger partial charge in [-0.15, -0.1) is 0 Å². The minimum Gasteiger partial charge on any atom is -0.472 e. The topological polar surface area (TPSA) is 81.8 Å². The minimum atomic E-state index is -0.885. The standard InChI is InChI=1S/C19H23NO4/c1-12-10-23-19(22)17-14(7-8-15(12)17)11-24-18(21)16(20)9-13-5-3-2-4-6-13/h2-7,10,15-17,19,22H,8-9,11,20H2,1H3/t15-,16+,17-,19-/m1/s1. The monoisotopic (exact) mass is 329 g/mol. The van der Waals surface area contributed by atoms with Gasteiger partial charge in [0.15, 0.2) is 0 Å². The van der Waals surface area contributed by atoms with Crippen molar-refractivity contribution in [1.29, 1.82) is 0 Å². The first-order valence-electron chi connectivity index (χ1n) is 8.21. The quantitative estimate of drug-likeness (QED) is 0.637. The van der Waals surface area contributed by atoms with Crippen molar-refractivity contribution in [3.05, 3.63) is 59.4 Å². The van der Waals surface area contributed by atoms with E-state index in [-0.39, 0.29) is 18.4 Å². The Kier molecular flexibility index (Phi) is 5.02. The predicted molar refractivity (Wildman–Crippen MR) is 89.6 cm³/mol. The molecule has 2 aliphatic rings. The number of hydrogen-bond donors (Lipinski definition) is 2. The number of carbonyl (C=O) groups is 1. The lowest BCUT2D eigenvalue weighted by Gasteiger charge is -2.31. The van der Waals surface area contributed by atoms with Crippen molar-refractivity contribution in [2.24, 2.45) is 17.6 Å². The van der Waals surface area contributed by atoms with Gasteiger partial charge in [-0.05, 0) is 42.4 Å². The van der Waals surface area contributed by atoms with Gasteiger partial charge in [0.05, 0.1) is 12.2 Å². The molecule has 0 bridgehead atoms. The number of benzene rings is 1. The zero-order chi connectivity index (χ0) is 17.1. The summed E-state index contributed by atoms with van der Waals surface area (Å²) < 4.78 is 10.6. The van der Waals surface area contributed by atoms with E-state index in [1.807, 2.05) is 43.3 Å². The molecule has 0 unspecified atom stereocenters. The summed E-state index contributed by atoms with van der Waals surface area (Å²) in [5.74, 6) is -0.352. The highest BCUT2D eigenvalue weighted by Crippen LogP contribution is 2.42. The largest absolute Gasteiger partial charge is 0.472 e. The van der Waals surface area contributed by atoms with Crippen molar-refractivity contribution in [1.82, 2.24) is 0 Å². The Morgan fingerprint density at radius 1 is 1.42 bits per heavy atom. The molecule has 5 nitrogen and oxygen atoms in total. The number of fused-ring (bicyclic) bond motifs is 1. The molecule has 1 aromatic carbocycles. The molecule has 0 fully saturated rings. The maximum Gasteiger partial charge on any atom is 0.323 e. The highest BCUT2D eigenvalue weighted by Gasteiger charge is 2.40. The second-order valence-corrected chi connectivity index (χ2v) is 6.44. The number of carbonyl (C=O) groups excluding carboxylic acids is 1. The molecule has 1 aromatic rings. The van der Waals surface area contributed by atoms with Crippen LogP contribution in [0, 0.1) is 11.8 Å². The molecule has 1 aliphatic heterocycles. The number of esters is 1. The lowest BCUT2D eigenvalue weighted by atomic mass is 9.84. The zero-order valence-electron chi connectivity index (χ0n) is 13.7. The Morgan fingerprint density at radius 2 is 2.17 bits per heavy atom. The van der Waals surface area contributed by atoms with Crippen molar-refractivity contribution in [3.63, 3.8) is 0 Å². The maximum absolute atomic E-state index is 12.1. The van der Waals surface area contributed by atoms with Gasteiger partial charge in [-0.25, -0.2) is 0 Å². The fourth-order valence-corrected chi connectivity index (χ4v) is 3.39. The third-order valence-corrected chi connectivity index (χ3v) is 4.76. The Balaban J connectivity index is 1.54. The summed E-state index contributed by atoms with van der Waals surface area (Å²) in [6.45, 7) is 2.14. The third kappa shape index (κ3) is 3.52. The lowest BCUT2D eigenvalue weighted by molar-refractivity contribution is -0.145. The molecule has 3 rings (SSSR count). The van der Waals surface area contributed by atoms with Crippen LogP contribution in [0.1, 0.15) is 18.9 Å². The van der Waals surface area contributed by atoms with E-state index in [0.717, 1.165) is 23.1 Å². The Hall–Kier alpha value is -2.11. The summed E-state index contributed by atoms with van der Waals surface area (Å²) in [4.78, 5) is 12.1. The van der Waals surface area contributed by atoms with Crippen LogP contribution in [0.3, 0.4) is 0 Å². The Morgan fingerprint density at radius 3 is 2.92 bits per heavy atom. The first kappa shape index (κ1) is 16.7. The van der Waals surface area contributed by atoms with Crippen LogP contribution in [0.25, 0.3) is 0 Å². The van der Waals surface area contributed by atoms with Crippen LogP contribution < -0.4 is 5.73 Å². The summed E-state index contributed by atoms with van der Waals surface area (Å²) >= 11 is 0. The highest BCUT2D eigenvalue weighted by atomic mass is 16.6. The van der Waals surface area contributed by atoms with Gasteiger partial charge in [0.25, 0.3) is 0 Å². The van der Waals surface area contributed by atoms with Crippen LogP contribution in [-0.2, 0) is 20.7 Å². The molecule has 0 spiro atoms. The molecule has 0 saturated carbocycles. The number of aliphatic hydroxyl groups excluding tert-OH is 1. The van der Waals surface area contributed by atoms with E-state index >= 15 is 0 Å². The van der Waals surface area contributed by atoms with E-state index in [0.29, 0.717) is 6.42 Å². The molecule has 24 heavy (non-hydrogen) atoms. The molecule has 4 atom stereocenters.